The van der Waals surface area contributed by atoms with Crippen LogP contribution in [0.5, 0.6) is 5.75 Å². The van der Waals surface area contributed by atoms with E-state index in [2.05, 4.69) is 17.4 Å². The summed E-state index contributed by atoms with van der Waals surface area (Å²) in [5.41, 5.74) is 2.70. The van der Waals surface area contributed by atoms with Crippen molar-refractivity contribution < 1.29 is 9.90 Å². The van der Waals surface area contributed by atoms with Crippen LogP contribution < -0.4 is 5.32 Å². The number of nitrogens with one attached hydrogen (secondary N) is 1. The summed E-state index contributed by atoms with van der Waals surface area (Å²) >= 11 is 0. The molecule has 1 atom stereocenters. The normalized spacial score (nSPS) is 17.1. The molecule has 2 aromatic carbocycles. The van der Waals surface area contributed by atoms with E-state index in [1.165, 1.54) is 5.56 Å². The van der Waals surface area contributed by atoms with Crippen molar-refractivity contribution >= 4 is 11.6 Å². The second-order valence-electron chi connectivity index (χ2n) is 4.81. The Morgan fingerprint density at radius 1 is 1.05 bits per heavy atom. The van der Waals surface area contributed by atoms with Gasteiger partial charge in [-0.25, -0.2) is 0 Å². The van der Waals surface area contributed by atoms with Crippen LogP contribution in [0.4, 0.5) is 5.69 Å². The number of carbonyl (C=O) groups is 1. The summed E-state index contributed by atoms with van der Waals surface area (Å²) in [5, 5.41) is 12.5. The van der Waals surface area contributed by atoms with E-state index in [0.717, 1.165) is 18.4 Å². The van der Waals surface area contributed by atoms with Gasteiger partial charge in [-0.05, 0) is 30.0 Å². The molecule has 0 bridgehead atoms. The fourth-order valence-electron chi connectivity index (χ4n) is 2.58. The molecule has 3 rings (SSSR count). The zero-order valence-corrected chi connectivity index (χ0v) is 10.5. The number of rotatable bonds is 3. The topological polar surface area (TPSA) is 49.3 Å². The van der Waals surface area contributed by atoms with E-state index in [1.807, 2.05) is 24.3 Å². The number of fused-ring (bicyclic) bond motifs is 1. The van der Waals surface area contributed by atoms with Gasteiger partial charge in [0.25, 0.3) is 0 Å². The lowest BCUT2D eigenvalue weighted by molar-refractivity contribution is -0.117. The zero-order chi connectivity index (χ0) is 13.2. The maximum Gasteiger partial charge on any atom is 0.232 e. The number of phenols is 1. The molecule has 3 nitrogen and oxygen atoms in total. The Kier molecular flexibility index (Phi) is 2.95. The molecule has 1 unspecified atom stereocenters. The maximum atomic E-state index is 12.0. The molecule has 96 valence electrons. The van der Waals surface area contributed by atoms with Crippen molar-refractivity contribution in [2.24, 2.45) is 0 Å². The van der Waals surface area contributed by atoms with E-state index in [-0.39, 0.29) is 17.6 Å². The first-order valence-electron chi connectivity index (χ1n) is 6.42. The van der Waals surface area contributed by atoms with Crippen molar-refractivity contribution in [2.45, 2.75) is 18.8 Å². The van der Waals surface area contributed by atoms with Crippen molar-refractivity contribution in [3.05, 3.63) is 59.7 Å². The molecule has 0 aromatic heterocycles. The lowest BCUT2D eigenvalue weighted by Crippen LogP contribution is -2.12. The van der Waals surface area contributed by atoms with Crippen molar-refractivity contribution in [3.63, 3.8) is 0 Å². The van der Waals surface area contributed by atoms with Gasteiger partial charge in [-0.15, -0.1) is 0 Å². The van der Waals surface area contributed by atoms with Crippen LogP contribution in [-0.2, 0) is 11.2 Å². The Hall–Kier alpha value is -2.29. The first-order valence-corrected chi connectivity index (χ1v) is 6.42. The summed E-state index contributed by atoms with van der Waals surface area (Å²) in [4.78, 5) is 12.0. The van der Waals surface area contributed by atoms with Crippen LogP contribution in [0.2, 0.25) is 0 Å². The predicted octanol–water partition coefficient (Wildman–Crippen LogP) is 3.06. The number of amides is 1. The van der Waals surface area contributed by atoms with Gasteiger partial charge in [0, 0.05) is 0 Å². The molecule has 1 aliphatic rings. The van der Waals surface area contributed by atoms with Gasteiger partial charge in [0.05, 0.1) is 11.6 Å². The summed E-state index contributed by atoms with van der Waals surface area (Å²) in [5.74, 6) is -0.0391. The van der Waals surface area contributed by atoms with Crippen LogP contribution in [0, 0.1) is 0 Å². The summed E-state index contributed by atoms with van der Waals surface area (Å²) in [6, 6.07) is 15.4. The molecular weight excluding hydrogens is 238 g/mol. The van der Waals surface area contributed by atoms with Gasteiger partial charge in [-0.3, -0.25) is 4.79 Å². The van der Waals surface area contributed by atoms with Crippen molar-refractivity contribution in [1.82, 2.24) is 0 Å². The van der Waals surface area contributed by atoms with Crippen LogP contribution in [0.25, 0.3) is 0 Å². The smallest absolute Gasteiger partial charge is 0.232 e. The molecular formula is C16H15NO2. The van der Waals surface area contributed by atoms with Gasteiger partial charge in [-0.2, -0.15) is 0 Å². The molecule has 2 aromatic rings. The Bertz CT molecular complexity index is 607. The monoisotopic (exact) mass is 253 g/mol. The third-order valence-electron chi connectivity index (χ3n) is 3.58. The quantitative estimate of drug-likeness (QED) is 0.826. The van der Waals surface area contributed by atoms with Gasteiger partial charge in [0.1, 0.15) is 5.75 Å². The van der Waals surface area contributed by atoms with Gasteiger partial charge in [0.2, 0.25) is 5.91 Å². The molecule has 19 heavy (non-hydrogen) atoms. The number of para-hydroxylation sites is 1. The highest BCUT2D eigenvalue weighted by atomic mass is 16.3. The van der Waals surface area contributed by atoms with E-state index >= 15 is 0 Å². The second-order valence-corrected chi connectivity index (χ2v) is 4.81. The second kappa shape index (κ2) is 4.76. The van der Waals surface area contributed by atoms with Crippen molar-refractivity contribution in [2.75, 3.05) is 5.32 Å². The number of anilines is 1. The molecule has 1 amide bonds. The molecule has 0 aliphatic carbocycles. The molecule has 1 heterocycles. The van der Waals surface area contributed by atoms with Crippen LogP contribution in [-0.4, -0.2) is 11.0 Å². The largest absolute Gasteiger partial charge is 0.506 e. The Morgan fingerprint density at radius 2 is 1.84 bits per heavy atom. The first-order chi connectivity index (χ1) is 9.25. The van der Waals surface area contributed by atoms with Crippen molar-refractivity contribution in [3.8, 4) is 5.75 Å². The van der Waals surface area contributed by atoms with Crippen molar-refractivity contribution in [1.29, 1.82) is 0 Å². The minimum absolute atomic E-state index is 0.0209. The highest BCUT2D eigenvalue weighted by Gasteiger charge is 2.31. The number of aromatic hydroxyl groups is 1. The fraction of sp³-hybridized carbons (Fsp3) is 0.188. The summed E-state index contributed by atoms with van der Waals surface area (Å²) < 4.78 is 0. The van der Waals surface area contributed by atoms with Crippen LogP contribution >= 0.6 is 0 Å². The van der Waals surface area contributed by atoms with E-state index in [1.54, 1.807) is 12.1 Å². The maximum absolute atomic E-state index is 12.0. The third kappa shape index (κ3) is 2.19. The van der Waals surface area contributed by atoms with E-state index < -0.39 is 0 Å². The standard InChI is InChI=1S/C16H15NO2/c18-14-8-4-7-12-13(16(19)17-15(12)14)10-9-11-5-2-1-3-6-11/h1-8,13,18H,9-10H2,(H,17,19). The molecule has 2 N–H and O–H groups in total. The average Bonchev–Trinajstić information content (AvgIpc) is 2.75. The van der Waals surface area contributed by atoms with Gasteiger partial charge in [-0.1, -0.05) is 42.5 Å². The summed E-state index contributed by atoms with van der Waals surface area (Å²) in [7, 11) is 0. The minimum Gasteiger partial charge on any atom is -0.506 e. The number of aryl methyl sites for hydroxylation is 1. The molecule has 0 spiro atoms. The SMILES string of the molecule is O=C1Nc2c(O)cccc2C1CCc1ccccc1. The summed E-state index contributed by atoms with van der Waals surface area (Å²) in [6.45, 7) is 0. The fourth-order valence-corrected chi connectivity index (χ4v) is 2.58. The van der Waals surface area contributed by atoms with Crippen LogP contribution in [0.1, 0.15) is 23.5 Å². The molecule has 0 saturated heterocycles. The summed E-state index contributed by atoms with van der Waals surface area (Å²) in [6.07, 6.45) is 1.61. The average molecular weight is 253 g/mol. The zero-order valence-electron chi connectivity index (χ0n) is 10.5. The lowest BCUT2D eigenvalue weighted by atomic mass is 9.93. The molecule has 0 radical (unpaired) electrons. The molecule has 3 heteroatoms. The minimum atomic E-state index is -0.165. The number of phenolic OH excluding ortho intramolecular Hbond substituents is 1. The Morgan fingerprint density at radius 3 is 2.63 bits per heavy atom. The van der Waals surface area contributed by atoms with E-state index in [9.17, 15) is 9.90 Å². The molecule has 0 saturated carbocycles. The van der Waals surface area contributed by atoms with E-state index in [4.69, 9.17) is 0 Å². The van der Waals surface area contributed by atoms with Gasteiger partial charge in [0.15, 0.2) is 0 Å². The molecule has 0 fully saturated rings. The number of hydrogen-bond acceptors (Lipinski definition) is 2. The highest BCUT2D eigenvalue weighted by Crippen LogP contribution is 2.40. The number of hydrogen-bond donors (Lipinski definition) is 2. The number of carbonyl (C=O) groups excluding carboxylic acids is 1. The Labute approximate surface area is 111 Å². The van der Waals surface area contributed by atoms with Crippen LogP contribution in [0.15, 0.2) is 48.5 Å². The predicted molar refractivity (Wildman–Crippen MR) is 74.2 cm³/mol. The lowest BCUT2D eigenvalue weighted by Gasteiger charge is -2.08. The van der Waals surface area contributed by atoms with E-state index in [0.29, 0.717) is 5.69 Å². The highest BCUT2D eigenvalue weighted by molar-refractivity contribution is 6.04. The van der Waals surface area contributed by atoms with Gasteiger partial charge < -0.3 is 10.4 Å². The third-order valence-corrected chi connectivity index (χ3v) is 3.58. The van der Waals surface area contributed by atoms with Crippen LogP contribution in [0.3, 0.4) is 0 Å². The molecule has 1 aliphatic heterocycles. The number of benzene rings is 2. The first kappa shape index (κ1) is 11.8. The van der Waals surface area contributed by atoms with Gasteiger partial charge >= 0.3 is 0 Å². The Balaban J connectivity index is 1.80.